The third-order valence-corrected chi connectivity index (χ3v) is 3.93. The highest BCUT2D eigenvalue weighted by Crippen LogP contribution is 2.23. The maximum Gasteiger partial charge on any atom is 0.316 e. The summed E-state index contributed by atoms with van der Waals surface area (Å²) < 4.78 is 25.0. The Morgan fingerprint density at radius 2 is 2.17 bits per heavy atom. The van der Waals surface area contributed by atoms with E-state index in [1.165, 1.54) is 0 Å². The largest absolute Gasteiger partial charge is 0.351 e. The van der Waals surface area contributed by atoms with Crippen molar-refractivity contribution in [1.29, 1.82) is 0 Å². The van der Waals surface area contributed by atoms with Crippen LogP contribution in [-0.2, 0) is 11.2 Å². The number of nitrogens with one attached hydrogen (secondary N) is 1. The van der Waals surface area contributed by atoms with Crippen LogP contribution in [0.15, 0.2) is 24.3 Å². The minimum Gasteiger partial charge on any atom is -0.351 e. The second-order valence-corrected chi connectivity index (χ2v) is 5.84. The van der Waals surface area contributed by atoms with Crippen molar-refractivity contribution in [3.63, 3.8) is 0 Å². The highest BCUT2D eigenvalue weighted by Gasteiger charge is 2.25. The van der Waals surface area contributed by atoms with E-state index in [1.54, 1.807) is 29.2 Å². The Bertz CT molecular complexity index is 566. The van der Waals surface area contributed by atoms with Crippen LogP contribution in [0, 0.1) is 5.92 Å². The van der Waals surface area contributed by atoms with E-state index in [4.69, 9.17) is 5.73 Å². The summed E-state index contributed by atoms with van der Waals surface area (Å²) in [4.78, 5) is 24.9. The van der Waals surface area contributed by atoms with E-state index >= 15 is 0 Å². The Kier molecular flexibility index (Phi) is 5.90. The van der Waals surface area contributed by atoms with Gasteiger partial charge in [-0.15, -0.1) is 0 Å². The molecule has 1 heterocycles. The summed E-state index contributed by atoms with van der Waals surface area (Å²) in [6.45, 7) is 1.00. The van der Waals surface area contributed by atoms with Crippen LogP contribution in [0.25, 0.3) is 0 Å². The molecule has 1 fully saturated rings. The number of carbonyl (C=O) groups is 2. The molecule has 5 nitrogen and oxygen atoms in total. The zero-order valence-electron chi connectivity index (χ0n) is 12.8. The van der Waals surface area contributed by atoms with Gasteiger partial charge >= 0.3 is 6.03 Å². The average molecular weight is 325 g/mol. The van der Waals surface area contributed by atoms with Crippen molar-refractivity contribution < 1.29 is 18.4 Å². The summed E-state index contributed by atoms with van der Waals surface area (Å²) >= 11 is 0. The Morgan fingerprint density at radius 3 is 2.87 bits per heavy atom. The van der Waals surface area contributed by atoms with E-state index in [0.717, 1.165) is 18.4 Å². The lowest BCUT2D eigenvalue weighted by Crippen LogP contribution is -2.41. The number of primary amides is 1. The van der Waals surface area contributed by atoms with Gasteiger partial charge in [0.25, 0.3) is 0 Å². The van der Waals surface area contributed by atoms with Gasteiger partial charge in [0.1, 0.15) is 0 Å². The summed E-state index contributed by atoms with van der Waals surface area (Å²) in [7, 11) is 0. The molecular weight excluding hydrogens is 304 g/mol. The highest BCUT2D eigenvalue weighted by molar-refractivity contribution is 5.88. The molecule has 3 amide bonds. The zero-order valence-corrected chi connectivity index (χ0v) is 12.8. The maximum atomic E-state index is 12.5. The van der Waals surface area contributed by atoms with Crippen molar-refractivity contribution in [1.82, 2.24) is 4.90 Å². The molecule has 0 radical (unpaired) electrons. The summed E-state index contributed by atoms with van der Waals surface area (Å²) in [5, 5.41) is 2.46. The van der Waals surface area contributed by atoms with E-state index < -0.39 is 12.5 Å². The fraction of sp³-hybridized carbons (Fsp3) is 0.500. The lowest BCUT2D eigenvalue weighted by atomic mass is 9.94. The first-order chi connectivity index (χ1) is 10.9. The molecule has 0 bridgehead atoms. The summed E-state index contributed by atoms with van der Waals surface area (Å²) in [6, 6.07) is 6.20. The number of benzene rings is 1. The van der Waals surface area contributed by atoms with Crippen molar-refractivity contribution >= 4 is 17.6 Å². The number of hydrogen-bond acceptors (Lipinski definition) is 2. The van der Waals surface area contributed by atoms with Crippen molar-refractivity contribution in [3.05, 3.63) is 29.8 Å². The normalized spacial score (nSPS) is 18.0. The zero-order chi connectivity index (χ0) is 16.8. The van der Waals surface area contributed by atoms with E-state index in [1.807, 2.05) is 0 Å². The van der Waals surface area contributed by atoms with Crippen molar-refractivity contribution in [3.8, 4) is 0 Å². The van der Waals surface area contributed by atoms with Crippen LogP contribution in [0.1, 0.15) is 24.8 Å². The van der Waals surface area contributed by atoms with Gasteiger partial charge in [-0.25, -0.2) is 13.6 Å². The molecule has 23 heavy (non-hydrogen) atoms. The van der Waals surface area contributed by atoms with Gasteiger partial charge in [-0.3, -0.25) is 4.79 Å². The number of urea groups is 1. The van der Waals surface area contributed by atoms with Gasteiger partial charge in [-0.05, 0) is 36.5 Å². The predicted molar refractivity (Wildman–Crippen MR) is 83.3 cm³/mol. The van der Waals surface area contributed by atoms with Gasteiger partial charge in [0, 0.05) is 25.2 Å². The van der Waals surface area contributed by atoms with Crippen molar-refractivity contribution in [2.45, 2.75) is 32.1 Å². The average Bonchev–Trinajstić information content (AvgIpc) is 2.46. The molecule has 1 unspecified atom stereocenters. The maximum absolute atomic E-state index is 12.5. The van der Waals surface area contributed by atoms with E-state index in [0.29, 0.717) is 18.8 Å². The predicted octanol–water partition coefficient (Wildman–Crippen LogP) is 2.61. The number of rotatable bonds is 5. The molecule has 7 heteroatoms. The third kappa shape index (κ3) is 5.50. The standard InChI is InChI=1S/C16H21F2N3O2/c17-14(18)8-12-4-2-6-21(10-12)15(22)9-11-3-1-5-13(7-11)20-16(19)23/h1,3,5,7,12,14H,2,4,6,8-10H2,(H3,19,20,23). The SMILES string of the molecule is NC(=O)Nc1cccc(CC(=O)N2CCCC(CC(F)F)C2)c1. The lowest BCUT2D eigenvalue weighted by molar-refractivity contribution is -0.132. The summed E-state index contributed by atoms with van der Waals surface area (Å²) in [5.41, 5.74) is 6.33. The first-order valence-corrected chi connectivity index (χ1v) is 7.65. The molecule has 0 aromatic heterocycles. The molecule has 0 spiro atoms. The van der Waals surface area contributed by atoms with Gasteiger partial charge < -0.3 is 16.0 Å². The molecule has 1 aromatic rings. The molecule has 2 rings (SSSR count). The number of nitrogens with two attached hydrogens (primary N) is 1. The molecule has 1 aromatic carbocycles. The minimum atomic E-state index is -2.33. The monoisotopic (exact) mass is 325 g/mol. The Hall–Kier alpha value is -2.18. The van der Waals surface area contributed by atoms with Crippen LogP contribution < -0.4 is 11.1 Å². The molecule has 3 N–H and O–H groups in total. The first-order valence-electron chi connectivity index (χ1n) is 7.65. The second kappa shape index (κ2) is 7.89. The Morgan fingerprint density at radius 1 is 1.39 bits per heavy atom. The van der Waals surface area contributed by atoms with E-state index in [-0.39, 0.29) is 24.7 Å². The molecule has 1 atom stereocenters. The first kappa shape index (κ1) is 17.2. The summed E-state index contributed by atoms with van der Waals surface area (Å²) in [6.07, 6.45) is -0.803. The van der Waals surface area contributed by atoms with Crippen LogP contribution in [0.2, 0.25) is 0 Å². The third-order valence-electron chi connectivity index (χ3n) is 3.93. The quantitative estimate of drug-likeness (QED) is 0.873. The van der Waals surface area contributed by atoms with Crippen LogP contribution in [0.5, 0.6) is 0 Å². The number of nitrogens with zero attached hydrogens (tertiary/aromatic N) is 1. The number of carbonyl (C=O) groups excluding carboxylic acids is 2. The number of halogens is 2. The Balaban J connectivity index is 1.94. The fourth-order valence-electron chi connectivity index (χ4n) is 2.92. The lowest BCUT2D eigenvalue weighted by Gasteiger charge is -2.32. The number of piperidine rings is 1. The number of amides is 3. The molecule has 1 saturated heterocycles. The van der Waals surface area contributed by atoms with Crippen LogP contribution in [0.4, 0.5) is 19.3 Å². The van der Waals surface area contributed by atoms with Gasteiger partial charge in [-0.1, -0.05) is 12.1 Å². The topological polar surface area (TPSA) is 75.4 Å². The molecule has 0 aliphatic carbocycles. The van der Waals surface area contributed by atoms with Gasteiger partial charge in [0.2, 0.25) is 12.3 Å². The molecule has 1 aliphatic heterocycles. The molecule has 126 valence electrons. The van der Waals surface area contributed by atoms with E-state index in [2.05, 4.69) is 5.32 Å². The molecule has 1 aliphatic rings. The van der Waals surface area contributed by atoms with Gasteiger partial charge in [0.05, 0.1) is 6.42 Å². The molecular formula is C16H21F2N3O2. The van der Waals surface area contributed by atoms with Crippen molar-refractivity contribution in [2.75, 3.05) is 18.4 Å². The van der Waals surface area contributed by atoms with Gasteiger partial charge in [0.15, 0.2) is 0 Å². The van der Waals surface area contributed by atoms with Crippen LogP contribution >= 0.6 is 0 Å². The number of anilines is 1. The van der Waals surface area contributed by atoms with Crippen LogP contribution in [0.3, 0.4) is 0 Å². The fourth-order valence-corrected chi connectivity index (χ4v) is 2.92. The van der Waals surface area contributed by atoms with Crippen LogP contribution in [-0.4, -0.2) is 36.4 Å². The number of alkyl halides is 2. The smallest absolute Gasteiger partial charge is 0.316 e. The number of hydrogen-bond donors (Lipinski definition) is 2. The Labute approximate surface area is 133 Å². The van der Waals surface area contributed by atoms with E-state index in [9.17, 15) is 18.4 Å². The van der Waals surface area contributed by atoms with Gasteiger partial charge in [-0.2, -0.15) is 0 Å². The molecule has 0 saturated carbocycles. The second-order valence-electron chi connectivity index (χ2n) is 5.84. The minimum absolute atomic E-state index is 0.0832. The van der Waals surface area contributed by atoms with Crippen molar-refractivity contribution in [2.24, 2.45) is 11.7 Å². The number of likely N-dealkylation sites (tertiary alicyclic amines) is 1. The summed E-state index contributed by atoms with van der Waals surface area (Å²) in [5.74, 6) is -0.212. The highest BCUT2D eigenvalue weighted by atomic mass is 19.3.